The van der Waals surface area contributed by atoms with Gasteiger partial charge in [-0.25, -0.2) is 4.79 Å². The first-order valence-corrected chi connectivity index (χ1v) is 7.09. The number of carbonyl (C=O) groups excluding carboxylic acids is 1. The van der Waals surface area contributed by atoms with Gasteiger partial charge in [0.15, 0.2) is 0 Å². The third-order valence-electron chi connectivity index (χ3n) is 3.99. The van der Waals surface area contributed by atoms with Gasteiger partial charge in [-0.1, -0.05) is 37.3 Å². The van der Waals surface area contributed by atoms with Crippen molar-refractivity contribution in [1.29, 1.82) is 0 Å². The lowest BCUT2D eigenvalue weighted by molar-refractivity contribution is -0.143. The lowest BCUT2D eigenvalue weighted by atomic mass is 9.87. The average molecular weight is 261 g/mol. The van der Waals surface area contributed by atoms with E-state index in [1.807, 2.05) is 30.3 Å². The number of rotatable bonds is 4. The van der Waals surface area contributed by atoms with Crippen molar-refractivity contribution >= 4 is 5.97 Å². The molecule has 1 saturated carbocycles. The van der Waals surface area contributed by atoms with Crippen molar-refractivity contribution in [2.24, 2.45) is 5.92 Å². The van der Waals surface area contributed by atoms with E-state index in [9.17, 15) is 4.79 Å². The average Bonchev–Trinajstić information content (AvgIpc) is 2.47. The van der Waals surface area contributed by atoms with E-state index in [1.54, 1.807) is 0 Å². The van der Waals surface area contributed by atoms with Crippen LogP contribution in [-0.4, -0.2) is 19.1 Å². The van der Waals surface area contributed by atoms with Crippen LogP contribution in [0.15, 0.2) is 30.3 Å². The van der Waals surface area contributed by atoms with Crippen molar-refractivity contribution in [3.8, 4) is 0 Å². The van der Waals surface area contributed by atoms with E-state index < -0.39 is 0 Å². The highest BCUT2D eigenvalue weighted by Gasteiger charge is 2.26. The number of nitrogens with one attached hydrogen (secondary N) is 1. The molecule has 1 atom stereocenters. The first-order chi connectivity index (χ1) is 9.20. The largest absolute Gasteiger partial charge is 0.468 e. The minimum atomic E-state index is -0.343. The number of carbonyl (C=O) groups is 1. The van der Waals surface area contributed by atoms with Gasteiger partial charge in [0.05, 0.1) is 7.11 Å². The first kappa shape index (κ1) is 14.1. The van der Waals surface area contributed by atoms with Crippen LogP contribution in [-0.2, 0) is 9.53 Å². The quantitative estimate of drug-likeness (QED) is 0.847. The highest BCUT2D eigenvalue weighted by atomic mass is 16.5. The Morgan fingerprint density at radius 3 is 2.42 bits per heavy atom. The highest BCUT2D eigenvalue weighted by Crippen LogP contribution is 2.26. The third-order valence-corrected chi connectivity index (χ3v) is 3.99. The van der Waals surface area contributed by atoms with Crippen LogP contribution in [0.3, 0.4) is 0 Å². The normalized spacial score (nSPS) is 24.7. The van der Waals surface area contributed by atoms with Crippen molar-refractivity contribution in [2.45, 2.75) is 44.7 Å². The molecule has 19 heavy (non-hydrogen) atoms. The molecule has 1 aromatic rings. The van der Waals surface area contributed by atoms with Crippen LogP contribution < -0.4 is 5.32 Å². The van der Waals surface area contributed by atoms with Crippen LogP contribution in [0.5, 0.6) is 0 Å². The van der Waals surface area contributed by atoms with Crippen LogP contribution in [0.25, 0.3) is 0 Å². The van der Waals surface area contributed by atoms with Gasteiger partial charge in [0.25, 0.3) is 0 Å². The molecule has 0 radical (unpaired) electrons. The van der Waals surface area contributed by atoms with E-state index in [-0.39, 0.29) is 12.0 Å². The van der Waals surface area contributed by atoms with Gasteiger partial charge in [-0.15, -0.1) is 0 Å². The molecule has 0 spiro atoms. The second kappa shape index (κ2) is 6.71. The van der Waals surface area contributed by atoms with Gasteiger partial charge in [-0.05, 0) is 37.2 Å². The predicted octanol–water partition coefficient (Wildman–Crippen LogP) is 3.07. The fraction of sp³-hybridized carbons (Fsp3) is 0.562. The molecule has 3 heteroatoms. The molecule has 1 aromatic carbocycles. The van der Waals surface area contributed by atoms with Gasteiger partial charge in [-0.3, -0.25) is 5.32 Å². The van der Waals surface area contributed by atoms with Crippen molar-refractivity contribution < 1.29 is 9.53 Å². The molecule has 1 aliphatic carbocycles. The maximum absolute atomic E-state index is 12.0. The van der Waals surface area contributed by atoms with Crippen molar-refractivity contribution in [1.82, 2.24) is 5.32 Å². The van der Waals surface area contributed by atoms with Crippen LogP contribution in [0, 0.1) is 5.92 Å². The topological polar surface area (TPSA) is 38.3 Å². The molecule has 0 heterocycles. The zero-order valence-electron chi connectivity index (χ0n) is 11.8. The Morgan fingerprint density at radius 2 is 1.84 bits per heavy atom. The summed E-state index contributed by atoms with van der Waals surface area (Å²) in [7, 11) is 1.45. The van der Waals surface area contributed by atoms with Gasteiger partial charge < -0.3 is 4.74 Å². The Morgan fingerprint density at radius 1 is 1.21 bits per heavy atom. The monoisotopic (exact) mass is 261 g/mol. The van der Waals surface area contributed by atoms with E-state index >= 15 is 0 Å². The molecule has 0 aromatic heterocycles. The molecule has 2 rings (SSSR count). The molecule has 0 bridgehead atoms. The Hall–Kier alpha value is -1.35. The summed E-state index contributed by atoms with van der Waals surface area (Å²) in [6, 6.07) is 9.89. The maximum Gasteiger partial charge on any atom is 0.327 e. The Labute approximate surface area is 115 Å². The highest BCUT2D eigenvalue weighted by molar-refractivity contribution is 5.77. The SMILES string of the molecule is COC(=O)C(NC1CCC(C)CC1)c1ccccc1. The Balaban J connectivity index is 2.05. The van der Waals surface area contributed by atoms with Gasteiger partial charge in [0.1, 0.15) is 6.04 Å². The minimum absolute atomic E-state index is 0.204. The van der Waals surface area contributed by atoms with Crippen LogP contribution in [0.4, 0.5) is 0 Å². The zero-order valence-corrected chi connectivity index (χ0v) is 11.8. The minimum Gasteiger partial charge on any atom is -0.468 e. The van der Waals surface area contributed by atoms with Crippen LogP contribution >= 0.6 is 0 Å². The van der Waals surface area contributed by atoms with Crippen LogP contribution in [0.1, 0.15) is 44.2 Å². The molecule has 1 unspecified atom stereocenters. The van der Waals surface area contributed by atoms with Gasteiger partial charge >= 0.3 is 5.97 Å². The van der Waals surface area contributed by atoms with Crippen molar-refractivity contribution in [3.63, 3.8) is 0 Å². The van der Waals surface area contributed by atoms with Crippen molar-refractivity contribution in [3.05, 3.63) is 35.9 Å². The Bertz CT molecular complexity index is 396. The fourth-order valence-corrected chi connectivity index (χ4v) is 2.73. The summed E-state index contributed by atoms with van der Waals surface area (Å²) < 4.78 is 4.93. The van der Waals surface area contributed by atoms with Crippen molar-refractivity contribution in [2.75, 3.05) is 7.11 Å². The summed E-state index contributed by atoms with van der Waals surface area (Å²) in [6.45, 7) is 2.30. The summed E-state index contributed by atoms with van der Waals surface area (Å²) in [4.78, 5) is 12.0. The molecule has 0 aliphatic heterocycles. The number of methoxy groups -OCH3 is 1. The van der Waals surface area contributed by atoms with E-state index in [4.69, 9.17) is 4.74 Å². The number of hydrogen-bond acceptors (Lipinski definition) is 3. The van der Waals surface area contributed by atoms with Gasteiger partial charge in [0.2, 0.25) is 0 Å². The first-order valence-electron chi connectivity index (χ1n) is 7.09. The summed E-state index contributed by atoms with van der Waals surface area (Å²) in [5.41, 5.74) is 0.980. The maximum atomic E-state index is 12.0. The summed E-state index contributed by atoms with van der Waals surface area (Å²) >= 11 is 0. The lowest BCUT2D eigenvalue weighted by Crippen LogP contribution is -2.39. The second-order valence-corrected chi connectivity index (χ2v) is 5.49. The van der Waals surface area contributed by atoms with Gasteiger partial charge in [0, 0.05) is 6.04 Å². The fourth-order valence-electron chi connectivity index (χ4n) is 2.73. The van der Waals surface area contributed by atoms with E-state index in [0.717, 1.165) is 24.3 Å². The van der Waals surface area contributed by atoms with E-state index in [2.05, 4.69) is 12.2 Å². The molecule has 3 nitrogen and oxygen atoms in total. The smallest absolute Gasteiger partial charge is 0.327 e. The zero-order chi connectivity index (χ0) is 13.7. The summed E-state index contributed by atoms with van der Waals surface area (Å²) in [5, 5.41) is 3.47. The van der Waals surface area contributed by atoms with Crippen LogP contribution in [0.2, 0.25) is 0 Å². The summed E-state index contributed by atoms with van der Waals surface area (Å²) in [6.07, 6.45) is 4.75. The third kappa shape index (κ3) is 3.80. The Kier molecular flexibility index (Phi) is 4.97. The summed E-state index contributed by atoms with van der Waals surface area (Å²) in [5.74, 6) is 0.608. The molecule has 0 amide bonds. The van der Waals surface area contributed by atoms with E-state index in [0.29, 0.717) is 6.04 Å². The number of ether oxygens (including phenoxy) is 1. The number of esters is 1. The number of benzene rings is 1. The molecule has 1 fully saturated rings. The molecular formula is C16H23NO2. The van der Waals surface area contributed by atoms with Gasteiger partial charge in [-0.2, -0.15) is 0 Å². The lowest BCUT2D eigenvalue weighted by Gasteiger charge is -2.30. The standard InChI is InChI=1S/C16H23NO2/c1-12-8-10-14(11-9-12)17-15(16(18)19-2)13-6-4-3-5-7-13/h3-7,12,14-15,17H,8-11H2,1-2H3. The molecule has 1 aliphatic rings. The number of hydrogen-bond donors (Lipinski definition) is 1. The molecule has 1 N–H and O–H groups in total. The van der Waals surface area contributed by atoms with E-state index in [1.165, 1.54) is 20.0 Å². The molecular weight excluding hydrogens is 238 g/mol. The predicted molar refractivity (Wildman–Crippen MR) is 75.8 cm³/mol. The molecule has 104 valence electrons. The molecule has 0 saturated heterocycles. The second-order valence-electron chi connectivity index (χ2n) is 5.49.